The van der Waals surface area contributed by atoms with Crippen molar-refractivity contribution in [2.75, 3.05) is 34.2 Å². The Morgan fingerprint density at radius 3 is 2.38 bits per heavy atom. The Bertz CT molecular complexity index is 919. The van der Waals surface area contributed by atoms with Crippen molar-refractivity contribution in [1.29, 1.82) is 0 Å². The van der Waals surface area contributed by atoms with Gasteiger partial charge in [-0.2, -0.15) is 0 Å². The van der Waals surface area contributed by atoms with Crippen LogP contribution in [0, 0.1) is 11.7 Å². The van der Waals surface area contributed by atoms with Gasteiger partial charge in [0.2, 0.25) is 5.91 Å². The summed E-state index contributed by atoms with van der Waals surface area (Å²) in [7, 11) is 5.09. The Morgan fingerprint density at radius 1 is 1.09 bits per heavy atom. The molecule has 0 aromatic heterocycles. The highest BCUT2D eigenvalue weighted by atomic mass is 127. The molecule has 0 heterocycles. The van der Waals surface area contributed by atoms with Crippen LogP contribution in [0.25, 0.3) is 0 Å². The summed E-state index contributed by atoms with van der Waals surface area (Å²) in [6.45, 7) is 0.900. The zero-order chi connectivity index (χ0) is 22.8. The maximum absolute atomic E-state index is 13.1. The number of carbonyl (C=O) groups excluding carboxylic acids is 2. The van der Waals surface area contributed by atoms with Crippen molar-refractivity contribution in [3.05, 3.63) is 71.0 Å². The molecule has 0 saturated heterocycles. The summed E-state index contributed by atoms with van der Waals surface area (Å²) >= 11 is 0. The predicted molar refractivity (Wildman–Crippen MR) is 136 cm³/mol. The van der Waals surface area contributed by atoms with E-state index in [0.717, 1.165) is 11.1 Å². The third-order valence-corrected chi connectivity index (χ3v) is 4.82. The first-order valence-corrected chi connectivity index (χ1v) is 10.1. The maximum Gasteiger partial charge on any atom is 0.253 e. The topological polar surface area (TPSA) is 99.8 Å². The zero-order valence-electron chi connectivity index (χ0n) is 18.6. The van der Waals surface area contributed by atoms with E-state index < -0.39 is 11.8 Å². The highest BCUT2D eigenvalue weighted by Crippen LogP contribution is 2.10. The average Bonchev–Trinajstić information content (AvgIpc) is 2.75. The molecule has 174 valence electrons. The third kappa shape index (κ3) is 8.81. The van der Waals surface area contributed by atoms with Crippen LogP contribution in [0.15, 0.2) is 53.5 Å². The molecule has 32 heavy (non-hydrogen) atoms. The van der Waals surface area contributed by atoms with Gasteiger partial charge in [0.25, 0.3) is 5.91 Å². The van der Waals surface area contributed by atoms with Crippen molar-refractivity contribution >= 4 is 41.8 Å². The smallest absolute Gasteiger partial charge is 0.253 e. The predicted octanol–water partition coefficient (Wildman–Crippen LogP) is 2.20. The van der Waals surface area contributed by atoms with Crippen molar-refractivity contribution in [2.24, 2.45) is 16.6 Å². The normalized spacial score (nSPS) is 11.8. The fourth-order valence-corrected chi connectivity index (χ4v) is 3.06. The molecule has 0 spiro atoms. The van der Waals surface area contributed by atoms with Gasteiger partial charge in [-0.1, -0.05) is 24.3 Å². The molecule has 0 bridgehead atoms. The van der Waals surface area contributed by atoms with E-state index in [9.17, 15) is 14.0 Å². The first-order chi connectivity index (χ1) is 14.8. The number of halogens is 2. The van der Waals surface area contributed by atoms with Gasteiger partial charge in [0, 0.05) is 39.8 Å². The number of hydrogen-bond donors (Lipinski definition) is 3. The van der Waals surface area contributed by atoms with Crippen LogP contribution in [0.4, 0.5) is 4.39 Å². The SMILES string of the molecule is CN=C(NCCc1cccc(C(=O)N(C)C)c1)NCC(Cc1ccc(F)cc1)C(N)=O.I. The van der Waals surface area contributed by atoms with Crippen molar-refractivity contribution in [2.45, 2.75) is 12.8 Å². The average molecular weight is 555 g/mol. The summed E-state index contributed by atoms with van der Waals surface area (Å²) in [5.74, 6) is -0.706. The van der Waals surface area contributed by atoms with Crippen molar-refractivity contribution in [3.63, 3.8) is 0 Å². The first kappa shape index (κ1) is 27.3. The lowest BCUT2D eigenvalue weighted by Crippen LogP contribution is -2.43. The molecule has 0 saturated carbocycles. The highest BCUT2D eigenvalue weighted by Gasteiger charge is 2.17. The minimum Gasteiger partial charge on any atom is -0.369 e. The molecular weight excluding hydrogens is 524 g/mol. The second-order valence-electron chi connectivity index (χ2n) is 7.46. The van der Waals surface area contributed by atoms with Gasteiger partial charge in [-0.3, -0.25) is 14.6 Å². The minimum atomic E-state index is -0.460. The summed E-state index contributed by atoms with van der Waals surface area (Å²) < 4.78 is 13.1. The second kappa shape index (κ2) is 13.7. The molecule has 7 nitrogen and oxygen atoms in total. The number of amides is 2. The molecule has 0 fully saturated rings. The molecule has 0 aliphatic carbocycles. The largest absolute Gasteiger partial charge is 0.369 e. The summed E-state index contributed by atoms with van der Waals surface area (Å²) in [5.41, 5.74) is 8.05. The lowest BCUT2D eigenvalue weighted by atomic mass is 9.98. The highest BCUT2D eigenvalue weighted by molar-refractivity contribution is 14.0. The minimum absolute atomic E-state index is 0. The molecule has 1 unspecified atom stereocenters. The van der Waals surface area contributed by atoms with Crippen LogP contribution >= 0.6 is 24.0 Å². The van der Waals surface area contributed by atoms with Crippen LogP contribution in [0.1, 0.15) is 21.5 Å². The van der Waals surface area contributed by atoms with Crippen LogP contribution in [-0.2, 0) is 17.6 Å². The molecule has 0 aliphatic heterocycles. The maximum atomic E-state index is 13.1. The fraction of sp³-hybridized carbons (Fsp3) is 0.348. The second-order valence-corrected chi connectivity index (χ2v) is 7.46. The molecule has 0 aliphatic rings. The van der Waals surface area contributed by atoms with Crippen LogP contribution in [0.2, 0.25) is 0 Å². The summed E-state index contributed by atoms with van der Waals surface area (Å²) in [6.07, 6.45) is 1.11. The summed E-state index contributed by atoms with van der Waals surface area (Å²) in [4.78, 5) is 29.6. The molecule has 2 aromatic rings. The van der Waals surface area contributed by atoms with Crippen molar-refractivity contribution < 1.29 is 14.0 Å². The molecular formula is C23H31FIN5O2. The van der Waals surface area contributed by atoms with Gasteiger partial charge in [-0.15, -0.1) is 24.0 Å². The van der Waals surface area contributed by atoms with Gasteiger partial charge in [0.15, 0.2) is 5.96 Å². The van der Waals surface area contributed by atoms with Gasteiger partial charge in [-0.05, 0) is 48.2 Å². The molecule has 1 atom stereocenters. The van der Waals surface area contributed by atoms with Gasteiger partial charge < -0.3 is 21.3 Å². The quantitative estimate of drug-likeness (QED) is 0.251. The van der Waals surface area contributed by atoms with Gasteiger partial charge >= 0.3 is 0 Å². The van der Waals surface area contributed by atoms with Gasteiger partial charge in [-0.25, -0.2) is 4.39 Å². The fourth-order valence-electron chi connectivity index (χ4n) is 3.06. The van der Waals surface area contributed by atoms with Crippen LogP contribution in [0.5, 0.6) is 0 Å². The van der Waals surface area contributed by atoms with Crippen LogP contribution in [-0.4, -0.2) is 56.9 Å². The lowest BCUT2D eigenvalue weighted by molar-refractivity contribution is -0.121. The van der Waals surface area contributed by atoms with E-state index in [1.54, 1.807) is 44.2 Å². The van der Waals surface area contributed by atoms with Crippen LogP contribution in [0.3, 0.4) is 0 Å². The number of rotatable bonds is 9. The van der Waals surface area contributed by atoms with E-state index in [2.05, 4.69) is 15.6 Å². The molecule has 2 aromatic carbocycles. The Hall–Kier alpha value is -2.69. The van der Waals surface area contributed by atoms with Gasteiger partial charge in [0.05, 0.1) is 5.92 Å². The first-order valence-electron chi connectivity index (χ1n) is 10.1. The number of guanidine groups is 1. The van der Waals surface area contributed by atoms with E-state index in [1.807, 2.05) is 18.2 Å². The summed E-state index contributed by atoms with van der Waals surface area (Å²) in [5, 5.41) is 6.31. The Labute approximate surface area is 205 Å². The molecule has 0 radical (unpaired) electrons. The third-order valence-electron chi connectivity index (χ3n) is 4.82. The Morgan fingerprint density at radius 2 is 1.78 bits per heavy atom. The molecule has 9 heteroatoms. The van der Waals surface area contributed by atoms with Crippen LogP contribution < -0.4 is 16.4 Å². The molecule has 2 amide bonds. The number of benzene rings is 2. The number of carbonyl (C=O) groups is 2. The Kier molecular flexibility index (Phi) is 11.7. The number of hydrogen-bond acceptors (Lipinski definition) is 3. The number of nitrogens with one attached hydrogen (secondary N) is 2. The van der Waals surface area contributed by atoms with Crippen molar-refractivity contribution in [3.8, 4) is 0 Å². The number of nitrogens with zero attached hydrogens (tertiary/aromatic N) is 2. The standard InChI is InChI=1S/C23H30FN5O2.HI/c1-26-23(27-12-11-16-5-4-6-18(13-16)22(31)29(2)3)28-15-19(21(25)30)14-17-7-9-20(24)10-8-17;/h4-10,13,19H,11-12,14-15H2,1-3H3,(H2,25,30)(H2,26,27,28);1H. The van der Waals surface area contributed by atoms with E-state index in [0.29, 0.717) is 37.5 Å². The Balaban J connectivity index is 0.00000512. The summed E-state index contributed by atoms with van der Waals surface area (Å²) in [6, 6.07) is 13.5. The van der Waals surface area contributed by atoms with E-state index >= 15 is 0 Å². The lowest BCUT2D eigenvalue weighted by Gasteiger charge is -2.17. The van der Waals surface area contributed by atoms with E-state index in [4.69, 9.17) is 5.73 Å². The number of primary amides is 1. The van der Waals surface area contributed by atoms with E-state index in [-0.39, 0.29) is 35.7 Å². The van der Waals surface area contributed by atoms with Crippen molar-refractivity contribution in [1.82, 2.24) is 15.5 Å². The monoisotopic (exact) mass is 555 g/mol. The zero-order valence-corrected chi connectivity index (χ0v) is 20.9. The van der Waals surface area contributed by atoms with Gasteiger partial charge in [0.1, 0.15) is 5.82 Å². The van der Waals surface area contributed by atoms with E-state index in [1.165, 1.54) is 12.1 Å². The number of aliphatic imine (C=N–C) groups is 1. The molecule has 4 N–H and O–H groups in total. The molecule has 2 rings (SSSR count). The number of nitrogens with two attached hydrogens (primary N) is 1.